The highest BCUT2D eigenvalue weighted by Crippen LogP contribution is 2.47. The van der Waals surface area contributed by atoms with Gasteiger partial charge in [-0.1, -0.05) is 46.3 Å². The van der Waals surface area contributed by atoms with Gasteiger partial charge >= 0.3 is 0 Å². The smallest absolute Gasteiger partial charge is 0.265 e. The molecule has 0 spiro atoms. The minimum Gasteiger partial charge on any atom is -0.748 e. The number of hydrogen-bond acceptors (Lipinski definition) is 6. The largest absolute Gasteiger partial charge is 0.748 e. The summed E-state index contributed by atoms with van der Waals surface area (Å²) in [6, 6.07) is 11.7. The van der Waals surface area contributed by atoms with E-state index in [1.165, 1.54) is 0 Å². The molecular weight excluding hydrogens is 495 g/mol. The van der Waals surface area contributed by atoms with E-state index in [9.17, 15) is 13.0 Å². The Morgan fingerprint density at radius 1 is 1.13 bits per heavy atom. The van der Waals surface area contributed by atoms with E-state index in [4.69, 9.17) is 23.2 Å². The van der Waals surface area contributed by atoms with Crippen LogP contribution < -0.4 is 9.47 Å². The second-order valence-corrected chi connectivity index (χ2v) is 11.6. The van der Waals surface area contributed by atoms with Gasteiger partial charge in [-0.05, 0) is 43.7 Å². The number of rotatable bonds is 7. The van der Waals surface area contributed by atoms with Gasteiger partial charge in [0.05, 0.1) is 26.9 Å². The number of halogens is 2. The molecule has 0 radical (unpaired) electrons. The number of fused-ring (bicyclic) bond motifs is 2. The molecule has 1 aromatic heterocycles. The molecule has 0 bridgehead atoms. The summed E-state index contributed by atoms with van der Waals surface area (Å²) in [4.78, 5) is 3.39. The van der Waals surface area contributed by atoms with Gasteiger partial charge in [-0.3, -0.25) is 0 Å². The van der Waals surface area contributed by atoms with Gasteiger partial charge in [0, 0.05) is 39.7 Å². The van der Waals surface area contributed by atoms with Crippen LogP contribution in [0.4, 0.5) is 5.69 Å². The Morgan fingerprint density at radius 3 is 2.61 bits per heavy atom. The van der Waals surface area contributed by atoms with E-state index in [2.05, 4.69) is 22.5 Å². The van der Waals surface area contributed by atoms with Gasteiger partial charge in [0.15, 0.2) is 6.54 Å². The molecule has 0 saturated heterocycles. The molecule has 0 amide bonds. The molecule has 0 saturated carbocycles. The number of aromatic nitrogens is 1. The summed E-state index contributed by atoms with van der Waals surface area (Å²) in [5.74, 6) is -0.345. The highest BCUT2D eigenvalue weighted by atomic mass is 35.5. The van der Waals surface area contributed by atoms with Crippen LogP contribution in [-0.4, -0.2) is 25.3 Å². The zero-order chi connectivity index (χ0) is 22.2. The molecule has 4 rings (SSSR count). The van der Waals surface area contributed by atoms with E-state index in [1.807, 2.05) is 36.4 Å². The number of thiazole rings is 1. The highest BCUT2D eigenvalue weighted by molar-refractivity contribution is 8.03. The van der Waals surface area contributed by atoms with E-state index in [1.54, 1.807) is 23.1 Å². The lowest BCUT2D eigenvalue weighted by molar-refractivity contribution is -0.669. The van der Waals surface area contributed by atoms with Crippen molar-refractivity contribution in [2.45, 2.75) is 31.2 Å². The third-order valence-electron chi connectivity index (χ3n) is 4.97. The van der Waals surface area contributed by atoms with Gasteiger partial charge in [-0.25, -0.2) is 8.42 Å². The second-order valence-electron chi connectivity index (χ2n) is 7.11. The number of unbranched alkanes of at least 4 members (excludes halogenated alkanes) is 1. The molecule has 5 nitrogen and oxygen atoms in total. The summed E-state index contributed by atoms with van der Waals surface area (Å²) in [6.45, 7) is 3.52. The van der Waals surface area contributed by atoms with Crippen LogP contribution in [0.25, 0.3) is 16.3 Å². The first-order chi connectivity index (χ1) is 14.7. The second kappa shape index (κ2) is 9.29. The van der Waals surface area contributed by atoms with Gasteiger partial charge in [0.1, 0.15) is 4.70 Å². The quantitative estimate of drug-likeness (QED) is 0.228. The van der Waals surface area contributed by atoms with Crippen LogP contribution >= 0.6 is 46.3 Å². The predicted octanol–water partition coefficient (Wildman–Crippen LogP) is 5.75. The molecule has 0 N–H and O–H groups in total. The Labute approximate surface area is 200 Å². The van der Waals surface area contributed by atoms with Crippen LogP contribution in [0.5, 0.6) is 0 Å². The van der Waals surface area contributed by atoms with Gasteiger partial charge in [-0.2, -0.15) is 4.57 Å². The summed E-state index contributed by atoms with van der Waals surface area (Å²) in [5.41, 5.74) is 2.10. The first kappa shape index (κ1) is 22.9. The standard InChI is InChI=1S/C21H20Cl2N2O3S3/c1-2-24-16-11-14(22)5-7-18(16)29-20(24)13-21-25(9-3-4-10-31(26,27)28)17-12-15(23)6-8-19(17)30-21/h5-8,11-13H,2-4,9-10H2,1H3. The molecule has 1 aliphatic rings. The minimum atomic E-state index is -4.20. The van der Waals surface area contributed by atoms with E-state index < -0.39 is 10.1 Å². The lowest BCUT2D eigenvalue weighted by Gasteiger charge is -2.17. The number of aryl methyl sites for hydroxylation is 1. The van der Waals surface area contributed by atoms with Crippen molar-refractivity contribution in [2.75, 3.05) is 17.2 Å². The predicted molar refractivity (Wildman–Crippen MR) is 129 cm³/mol. The maximum absolute atomic E-state index is 10.9. The number of anilines is 1. The minimum absolute atomic E-state index is 0.326. The number of nitrogens with zero attached hydrogens (tertiary/aromatic N) is 2. The van der Waals surface area contributed by atoms with Crippen molar-refractivity contribution < 1.29 is 17.5 Å². The van der Waals surface area contributed by atoms with Crippen molar-refractivity contribution in [1.82, 2.24) is 0 Å². The summed E-state index contributed by atoms with van der Waals surface area (Å²) in [6.07, 6.45) is 3.07. The molecular formula is C21H20Cl2N2O3S3. The molecule has 0 unspecified atom stereocenters. The van der Waals surface area contributed by atoms with E-state index in [0.717, 1.165) is 37.4 Å². The first-order valence-electron chi connectivity index (χ1n) is 9.77. The topological polar surface area (TPSA) is 64.3 Å². The molecule has 164 valence electrons. The van der Waals surface area contributed by atoms with Crippen molar-refractivity contribution in [1.29, 1.82) is 0 Å². The Hall–Kier alpha value is -1.29. The molecule has 3 aromatic rings. The zero-order valence-corrected chi connectivity index (χ0v) is 20.6. The molecule has 2 heterocycles. The van der Waals surface area contributed by atoms with E-state index in [0.29, 0.717) is 29.4 Å². The van der Waals surface area contributed by atoms with Crippen molar-refractivity contribution in [3.05, 3.63) is 56.5 Å². The zero-order valence-electron chi connectivity index (χ0n) is 16.7. The van der Waals surface area contributed by atoms with Crippen molar-refractivity contribution in [3.8, 4) is 0 Å². The summed E-state index contributed by atoms with van der Waals surface area (Å²) in [5, 5.41) is 3.50. The molecule has 0 aliphatic carbocycles. The van der Waals surface area contributed by atoms with Crippen molar-refractivity contribution in [3.63, 3.8) is 0 Å². The van der Waals surface area contributed by atoms with Gasteiger partial charge in [-0.15, -0.1) is 0 Å². The number of thioether (sulfide) groups is 1. The average Bonchev–Trinajstić information content (AvgIpc) is 3.21. The van der Waals surface area contributed by atoms with Crippen LogP contribution in [0, 0.1) is 0 Å². The van der Waals surface area contributed by atoms with Crippen molar-refractivity contribution >= 4 is 78.4 Å². The van der Waals surface area contributed by atoms with Crippen LogP contribution in [-0.2, 0) is 16.7 Å². The number of hydrogen-bond donors (Lipinski definition) is 0. The van der Waals surface area contributed by atoms with Crippen molar-refractivity contribution in [2.24, 2.45) is 0 Å². The highest BCUT2D eigenvalue weighted by Gasteiger charge is 2.27. The fourth-order valence-corrected chi connectivity index (χ4v) is 6.79. The number of benzene rings is 2. The third-order valence-corrected chi connectivity index (χ3v) is 8.46. The van der Waals surface area contributed by atoms with Crippen LogP contribution in [0.2, 0.25) is 10.0 Å². The molecule has 0 fully saturated rings. The molecule has 0 atom stereocenters. The maximum atomic E-state index is 10.9. The third kappa shape index (κ3) is 5.21. The van der Waals surface area contributed by atoms with Gasteiger partial charge in [0.25, 0.3) is 5.01 Å². The summed E-state index contributed by atoms with van der Waals surface area (Å²) >= 11 is 15.8. The van der Waals surface area contributed by atoms with Crippen LogP contribution in [0.15, 0.2) is 46.3 Å². The molecule has 1 aliphatic heterocycles. The summed E-state index contributed by atoms with van der Waals surface area (Å²) in [7, 11) is -4.20. The van der Waals surface area contributed by atoms with Gasteiger partial charge < -0.3 is 9.45 Å². The molecule has 10 heteroatoms. The fourth-order valence-electron chi connectivity index (χ4n) is 3.57. The molecule has 2 aromatic carbocycles. The Balaban J connectivity index is 1.70. The summed E-state index contributed by atoms with van der Waals surface area (Å²) < 4.78 is 36.1. The first-order valence-corrected chi connectivity index (χ1v) is 13.7. The van der Waals surface area contributed by atoms with E-state index >= 15 is 0 Å². The Bertz CT molecular complexity index is 1270. The normalized spacial score (nSPS) is 15.2. The Kier molecular flexibility index (Phi) is 6.86. The lowest BCUT2D eigenvalue weighted by atomic mass is 10.3. The fraction of sp³-hybridized carbons (Fsp3) is 0.286. The monoisotopic (exact) mass is 514 g/mol. The molecule has 31 heavy (non-hydrogen) atoms. The van der Waals surface area contributed by atoms with Crippen LogP contribution in [0.3, 0.4) is 0 Å². The SMILES string of the molecule is CCN1C(=Cc2sc3ccc(Cl)cc3[n+]2CCCCS(=O)(=O)[O-])Sc2ccc(Cl)cc21. The maximum Gasteiger partial charge on any atom is 0.265 e. The Morgan fingerprint density at radius 2 is 1.87 bits per heavy atom. The van der Waals surface area contributed by atoms with Crippen LogP contribution in [0.1, 0.15) is 24.8 Å². The van der Waals surface area contributed by atoms with Gasteiger partial charge in [0.2, 0.25) is 5.52 Å². The average molecular weight is 516 g/mol. The lowest BCUT2D eigenvalue weighted by Crippen LogP contribution is -2.35. The van der Waals surface area contributed by atoms with E-state index in [-0.39, 0.29) is 5.75 Å².